The molecule has 2 aromatic carbocycles. The number of nitro benzene ring substituents is 1. The summed E-state index contributed by atoms with van der Waals surface area (Å²) in [7, 11) is 0. The number of azo groups is 1. The maximum Gasteiger partial charge on any atom is 0.269 e. The van der Waals surface area contributed by atoms with Gasteiger partial charge in [-0.2, -0.15) is 5.11 Å². The Morgan fingerprint density at radius 2 is 1.75 bits per heavy atom. The number of piperazine rings is 3. The minimum absolute atomic E-state index is 0.0421. The highest BCUT2D eigenvalue weighted by atomic mass is 35.5. The third-order valence-corrected chi connectivity index (χ3v) is 7.15. The Balaban J connectivity index is 1.43. The Hall–Kier alpha value is -2.55. The normalized spacial score (nSPS) is 22.4. The predicted octanol–water partition coefficient (Wildman–Crippen LogP) is 4.94. The first-order valence-corrected chi connectivity index (χ1v) is 11.6. The zero-order valence-electron chi connectivity index (χ0n) is 18.7. The van der Waals surface area contributed by atoms with Gasteiger partial charge in [-0.1, -0.05) is 11.6 Å². The minimum atomic E-state index is -0.418. The lowest BCUT2D eigenvalue weighted by atomic mass is 10.1. The molecular formula is C23H30ClN6O2+. The van der Waals surface area contributed by atoms with Crippen LogP contribution >= 0.6 is 11.6 Å². The van der Waals surface area contributed by atoms with E-state index in [1.807, 2.05) is 18.2 Å². The molecule has 0 aromatic heterocycles. The van der Waals surface area contributed by atoms with Crippen molar-refractivity contribution < 1.29 is 9.41 Å². The first-order valence-electron chi connectivity index (χ1n) is 11.2. The topological polar surface area (TPSA) is 74.3 Å². The number of benzene rings is 2. The first-order chi connectivity index (χ1) is 15.4. The molecular weight excluding hydrogens is 428 g/mol. The van der Waals surface area contributed by atoms with Crippen molar-refractivity contribution in [1.29, 1.82) is 0 Å². The maximum absolute atomic E-state index is 10.9. The molecule has 3 aliphatic rings. The maximum atomic E-state index is 10.9. The summed E-state index contributed by atoms with van der Waals surface area (Å²) < 4.78 is 1.24. The van der Waals surface area contributed by atoms with Crippen molar-refractivity contribution in [1.82, 2.24) is 4.90 Å². The number of aryl methyl sites for hydroxylation is 1. The van der Waals surface area contributed by atoms with Crippen LogP contribution in [-0.2, 0) is 0 Å². The smallest absolute Gasteiger partial charge is 0.269 e. The molecule has 0 N–H and O–H groups in total. The zero-order valence-corrected chi connectivity index (χ0v) is 19.5. The van der Waals surface area contributed by atoms with E-state index >= 15 is 0 Å². The van der Waals surface area contributed by atoms with Crippen molar-refractivity contribution in [3.05, 3.63) is 57.1 Å². The van der Waals surface area contributed by atoms with Crippen molar-refractivity contribution in [3.8, 4) is 0 Å². The van der Waals surface area contributed by atoms with E-state index in [0.717, 1.165) is 18.8 Å². The van der Waals surface area contributed by atoms with Gasteiger partial charge in [0, 0.05) is 44.0 Å². The number of halogens is 1. The summed E-state index contributed by atoms with van der Waals surface area (Å²) >= 11 is 6.53. The fraction of sp³-hybridized carbons (Fsp3) is 0.478. The van der Waals surface area contributed by atoms with Crippen LogP contribution in [-0.4, -0.2) is 73.2 Å². The van der Waals surface area contributed by atoms with Gasteiger partial charge < -0.3 is 9.38 Å². The van der Waals surface area contributed by atoms with Crippen LogP contribution in [0.4, 0.5) is 22.7 Å². The summed E-state index contributed by atoms with van der Waals surface area (Å²) in [6, 6.07) is 10.4. The van der Waals surface area contributed by atoms with Gasteiger partial charge in [0.25, 0.3) is 5.69 Å². The van der Waals surface area contributed by atoms with Crippen LogP contribution in [0.1, 0.15) is 12.5 Å². The molecule has 3 fully saturated rings. The van der Waals surface area contributed by atoms with Gasteiger partial charge >= 0.3 is 0 Å². The fourth-order valence-electron chi connectivity index (χ4n) is 4.62. The van der Waals surface area contributed by atoms with E-state index in [0.29, 0.717) is 22.0 Å². The Labute approximate surface area is 193 Å². The van der Waals surface area contributed by atoms with Gasteiger partial charge in [-0.3, -0.25) is 15.0 Å². The number of quaternary nitrogens is 1. The van der Waals surface area contributed by atoms with Crippen LogP contribution in [0, 0.1) is 17.0 Å². The average molecular weight is 458 g/mol. The van der Waals surface area contributed by atoms with Crippen molar-refractivity contribution in [2.45, 2.75) is 13.8 Å². The average Bonchev–Trinajstić information content (AvgIpc) is 2.80. The molecule has 3 heterocycles. The minimum Gasteiger partial charge on any atom is -0.366 e. The molecule has 170 valence electrons. The molecule has 9 heteroatoms. The fourth-order valence-corrected chi connectivity index (χ4v) is 4.83. The Bertz CT molecular complexity index is 1010. The standard InChI is InChI=1S/C23H30ClN6O2/c1-3-28(11-15-30-12-8-27(9-13-30)10-14-30)19-4-7-23(21(24)17-19)26-25-22-6-5-20(29(31)32)16-18(22)2/h4-7,16-17H,3,8-15H2,1-2H3/q+1/b26-25+. The number of fused-ring (bicyclic) bond motifs is 3. The molecule has 0 amide bonds. The van der Waals surface area contributed by atoms with E-state index in [1.54, 1.807) is 13.0 Å². The summed E-state index contributed by atoms with van der Waals surface area (Å²) in [5, 5.41) is 20.0. The SMILES string of the molecule is CCN(CC[N+]12CCN(CC1)CC2)c1ccc(/N=N/c2ccc([N+](=O)[O-])cc2C)c(Cl)c1. The van der Waals surface area contributed by atoms with E-state index in [2.05, 4.69) is 27.0 Å². The zero-order chi connectivity index (χ0) is 22.7. The second-order valence-electron chi connectivity index (χ2n) is 8.72. The number of hydrogen-bond acceptors (Lipinski definition) is 6. The molecule has 0 saturated carbocycles. The summed E-state index contributed by atoms with van der Waals surface area (Å²) in [6.45, 7) is 14.5. The number of hydrogen-bond donors (Lipinski definition) is 0. The Kier molecular flexibility index (Phi) is 6.74. The van der Waals surface area contributed by atoms with Crippen LogP contribution < -0.4 is 4.90 Å². The molecule has 0 radical (unpaired) electrons. The molecule has 2 aromatic rings. The molecule has 0 aliphatic carbocycles. The van der Waals surface area contributed by atoms with E-state index in [9.17, 15) is 10.1 Å². The van der Waals surface area contributed by atoms with Gasteiger partial charge in [0.05, 0.1) is 48.4 Å². The second-order valence-corrected chi connectivity index (χ2v) is 9.13. The van der Waals surface area contributed by atoms with Gasteiger partial charge in [-0.15, -0.1) is 5.11 Å². The highest BCUT2D eigenvalue weighted by molar-refractivity contribution is 6.33. The van der Waals surface area contributed by atoms with Gasteiger partial charge in [-0.25, -0.2) is 0 Å². The Morgan fingerprint density at radius 1 is 1.09 bits per heavy atom. The lowest BCUT2D eigenvalue weighted by Gasteiger charge is -2.51. The van der Waals surface area contributed by atoms with Crippen molar-refractivity contribution >= 4 is 34.4 Å². The first kappa shape index (κ1) is 22.6. The number of anilines is 1. The third kappa shape index (κ3) is 4.92. The third-order valence-electron chi connectivity index (χ3n) is 6.85. The van der Waals surface area contributed by atoms with E-state index in [-0.39, 0.29) is 5.69 Å². The molecule has 3 saturated heterocycles. The lowest BCUT2D eigenvalue weighted by Crippen LogP contribution is -2.68. The number of likely N-dealkylation sites (N-methyl/N-ethyl adjacent to an activating group) is 1. The summed E-state index contributed by atoms with van der Waals surface area (Å²) in [4.78, 5) is 15.4. The van der Waals surface area contributed by atoms with Crippen molar-refractivity contribution in [3.63, 3.8) is 0 Å². The molecule has 0 atom stereocenters. The lowest BCUT2D eigenvalue weighted by molar-refractivity contribution is -0.939. The molecule has 8 nitrogen and oxygen atoms in total. The highest BCUT2D eigenvalue weighted by Gasteiger charge is 2.38. The van der Waals surface area contributed by atoms with Crippen LogP contribution in [0.3, 0.4) is 0 Å². The Morgan fingerprint density at radius 3 is 2.34 bits per heavy atom. The van der Waals surface area contributed by atoms with Crippen LogP contribution in [0.5, 0.6) is 0 Å². The number of nitro groups is 1. The number of nitrogens with zero attached hydrogens (tertiary/aromatic N) is 6. The molecule has 5 rings (SSSR count). The number of rotatable bonds is 8. The van der Waals surface area contributed by atoms with Crippen LogP contribution in [0.25, 0.3) is 0 Å². The van der Waals surface area contributed by atoms with E-state index in [4.69, 9.17) is 11.6 Å². The molecule has 3 aliphatic heterocycles. The van der Waals surface area contributed by atoms with Crippen LogP contribution in [0.2, 0.25) is 5.02 Å². The second kappa shape index (κ2) is 9.52. The van der Waals surface area contributed by atoms with Crippen molar-refractivity contribution in [2.75, 3.05) is 63.8 Å². The monoisotopic (exact) mass is 457 g/mol. The van der Waals surface area contributed by atoms with E-state index < -0.39 is 4.92 Å². The quantitative estimate of drug-likeness (QED) is 0.243. The largest absolute Gasteiger partial charge is 0.366 e. The summed E-state index contributed by atoms with van der Waals surface area (Å²) in [5.74, 6) is 0. The molecule has 0 spiro atoms. The molecule has 32 heavy (non-hydrogen) atoms. The highest BCUT2D eigenvalue weighted by Crippen LogP contribution is 2.32. The van der Waals surface area contributed by atoms with Gasteiger partial charge in [0.2, 0.25) is 0 Å². The van der Waals surface area contributed by atoms with Crippen LogP contribution in [0.15, 0.2) is 46.6 Å². The van der Waals surface area contributed by atoms with Gasteiger partial charge in [-0.05, 0) is 43.7 Å². The predicted molar refractivity (Wildman–Crippen MR) is 128 cm³/mol. The van der Waals surface area contributed by atoms with Gasteiger partial charge in [0.1, 0.15) is 5.69 Å². The number of non-ortho nitro benzene ring substituents is 1. The summed E-state index contributed by atoms with van der Waals surface area (Å²) in [6.07, 6.45) is 0. The van der Waals surface area contributed by atoms with E-state index in [1.165, 1.54) is 62.4 Å². The molecule has 0 unspecified atom stereocenters. The molecule has 2 bridgehead atoms. The van der Waals surface area contributed by atoms with Crippen molar-refractivity contribution in [2.24, 2.45) is 10.2 Å². The summed E-state index contributed by atoms with van der Waals surface area (Å²) in [5.41, 5.74) is 3.00. The van der Waals surface area contributed by atoms with Gasteiger partial charge in [0.15, 0.2) is 0 Å².